The molecule has 3 heterocycles. The van der Waals surface area contributed by atoms with E-state index in [4.69, 9.17) is 4.74 Å². The lowest BCUT2D eigenvalue weighted by Crippen LogP contribution is -2.65. The third kappa shape index (κ3) is 2.54. The molecule has 0 unspecified atom stereocenters. The van der Waals surface area contributed by atoms with E-state index in [1.54, 1.807) is 23.1 Å². The van der Waals surface area contributed by atoms with Crippen molar-refractivity contribution in [3.63, 3.8) is 0 Å². The summed E-state index contributed by atoms with van der Waals surface area (Å²) in [6.07, 6.45) is 4.70. The number of fused-ring (bicyclic) bond motifs is 1. The van der Waals surface area contributed by atoms with E-state index in [0.717, 1.165) is 5.56 Å². The number of nitrogens with zero attached hydrogens (tertiary/aromatic N) is 3. The highest BCUT2D eigenvalue weighted by atomic mass is 16.6. The van der Waals surface area contributed by atoms with E-state index >= 15 is 0 Å². The predicted octanol–water partition coefficient (Wildman–Crippen LogP) is 1.13. The van der Waals surface area contributed by atoms with Crippen molar-refractivity contribution >= 4 is 5.91 Å². The molecule has 3 fully saturated rings. The number of carbonyl (C=O) groups is 1. The van der Waals surface area contributed by atoms with Gasteiger partial charge in [-0.15, -0.1) is 5.10 Å². The normalized spacial score (nSPS) is 29.2. The van der Waals surface area contributed by atoms with E-state index in [2.05, 4.69) is 15.6 Å². The van der Waals surface area contributed by atoms with E-state index in [9.17, 15) is 9.90 Å². The summed E-state index contributed by atoms with van der Waals surface area (Å²) >= 11 is 0. The number of aliphatic hydroxyl groups is 1. The van der Waals surface area contributed by atoms with Crippen LogP contribution in [0.25, 0.3) is 0 Å². The van der Waals surface area contributed by atoms with Crippen LogP contribution in [0.1, 0.15) is 42.6 Å². The fourth-order valence-electron chi connectivity index (χ4n) is 4.17. The fraction of sp³-hybridized carbons (Fsp3) is 0.500. The lowest BCUT2D eigenvalue weighted by atomic mass is 9.63. The van der Waals surface area contributed by atoms with Crippen LogP contribution in [0.2, 0.25) is 0 Å². The Hall–Kier alpha value is -2.25. The molecule has 3 aliphatic rings. The van der Waals surface area contributed by atoms with Crippen molar-refractivity contribution in [3.05, 3.63) is 47.8 Å². The van der Waals surface area contributed by atoms with E-state index in [1.165, 1.54) is 0 Å². The van der Waals surface area contributed by atoms with E-state index in [1.807, 2.05) is 32.0 Å². The first kappa shape index (κ1) is 16.2. The van der Waals surface area contributed by atoms with E-state index in [-0.39, 0.29) is 12.5 Å². The van der Waals surface area contributed by atoms with Gasteiger partial charge >= 0.3 is 0 Å². The first-order valence-electron chi connectivity index (χ1n) is 8.44. The molecule has 1 aromatic carbocycles. The summed E-state index contributed by atoms with van der Waals surface area (Å²) in [5.74, 6) is -0.120. The molecule has 5 rings (SSSR count). The number of rotatable bonds is 5. The van der Waals surface area contributed by atoms with Gasteiger partial charge in [0.1, 0.15) is 0 Å². The van der Waals surface area contributed by atoms with Gasteiger partial charge in [-0.1, -0.05) is 17.3 Å². The summed E-state index contributed by atoms with van der Waals surface area (Å²) in [6, 6.07) is 7.50. The van der Waals surface area contributed by atoms with Crippen molar-refractivity contribution in [2.45, 2.75) is 50.0 Å². The number of aromatic nitrogens is 3. The van der Waals surface area contributed by atoms with Crippen LogP contribution in [0.15, 0.2) is 36.7 Å². The zero-order valence-corrected chi connectivity index (χ0v) is 14.4. The summed E-state index contributed by atoms with van der Waals surface area (Å²) in [6.45, 7) is 4.49. The highest BCUT2D eigenvalue weighted by Gasteiger charge is 2.72. The quantitative estimate of drug-likeness (QED) is 0.850. The van der Waals surface area contributed by atoms with Gasteiger partial charge in [0.25, 0.3) is 5.91 Å². The molecule has 132 valence electrons. The second-order valence-corrected chi connectivity index (χ2v) is 7.64. The molecule has 2 bridgehead atoms. The van der Waals surface area contributed by atoms with Crippen molar-refractivity contribution in [1.29, 1.82) is 0 Å². The van der Waals surface area contributed by atoms with Gasteiger partial charge in [0, 0.05) is 24.6 Å². The number of hydrogen-bond acceptors (Lipinski definition) is 5. The maximum absolute atomic E-state index is 12.8. The molecule has 25 heavy (non-hydrogen) atoms. The van der Waals surface area contributed by atoms with Crippen LogP contribution in [0.4, 0.5) is 0 Å². The van der Waals surface area contributed by atoms with Crippen molar-refractivity contribution < 1.29 is 14.6 Å². The molecule has 0 spiro atoms. The Kier molecular flexibility index (Phi) is 3.49. The largest absolute Gasteiger partial charge is 0.393 e. The van der Waals surface area contributed by atoms with Crippen LogP contribution in [0, 0.1) is 0 Å². The van der Waals surface area contributed by atoms with Crippen LogP contribution in [-0.4, -0.2) is 49.4 Å². The lowest BCUT2D eigenvalue weighted by Gasteiger charge is -2.46. The standard InChI is InChI=1S/C18H22N4O3/c1-16(2)18(10-17(11-18,12-23)25-16)20-15(24)14-5-3-4-13(8-14)9-22-7-6-19-21-22/h3-8,23H,9-12H2,1-2H3,(H,20,24). The molecule has 0 radical (unpaired) electrons. The Morgan fingerprint density at radius 3 is 2.84 bits per heavy atom. The topological polar surface area (TPSA) is 89.3 Å². The summed E-state index contributed by atoms with van der Waals surface area (Å²) in [4.78, 5) is 12.8. The molecule has 1 saturated carbocycles. The molecular formula is C18H22N4O3. The number of nitrogens with one attached hydrogen (secondary N) is 1. The molecule has 1 amide bonds. The monoisotopic (exact) mass is 342 g/mol. The minimum Gasteiger partial charge on any atom is -0.393 e. The van der Waals surface area contributed by atoms with Crippen molar-refractivity contribution in [3.8, 4) is 0 Å². The first-order chi connectivity index (χ1) is 11.9. The van der Waals surface area contributed by atoms with Crippen LogP contribution in [-0.2, 0) is 11.3 Å². The first-order valence-corrected chi connectivity index (χ1v) is 8.44. The van der Waals surface area contributed by atoms with Crippen LogP contribution in [0.5, 0.6) is 0 Å². The van der Waals surface area contributed by atoms with Crippen LogP contribution in [0.3, 0.4) is 0 Å². The Balaban J connectivity index is 1.51. The third-order valence-electron chi connectivity index (χ3n) is 5.52. The van der Waals surface area contributed by atoms with Gasteiger partial charge in [-0.3, -0.25) is 4.79 Å². The highest BCUT2D eigenvalue weighted by Crippen LogP contribution is 2.60. The Morgan fingerprint density at radius 2 is 2.20 bits per heavy atom. The Labute approximate surface area is 146 Å². The maximum atomic E-state index is 12.8. The number of ether oxygens (including phenoxy) is 1. The molecule has 7 nitrogen and oxygen atoms in total. The summed E-state index contributed by atoms with van der Waals surface area (Å²) in [7, 11) is 0. The van der Waals surface area contributed by atoms with Gasteiger partial charge in [-0.25, -0.2) is 4.68 Å². The second-order valence-electron chi connectivity index (χ2n) is 7.64. The summed E-state index contributed by atoms with van der Waals surface area (Å²) < 4.78 is 7.72. The number of aliphatic hydroxyl groups excluding tert-OH is 1. The van der Waals surface area contributed by atoms with Crippen molar-refractivity contribution in [2.24, 2.45) is 0 Å². The maximum Gasteiger partial charge on any atom is 0.251 e. The third-order valence-corrected chi connectivity index (χ3v) is 5.52. The van der Waals surface area contributed by atoms with Crippen LogP contribution < -0.4 is 5.32 Å². The molecule has 2 aromatic rings. The second kappa shape index (κ2) is 5.37. The minimum absolute atomic E-state index is 0.0125. The Morgan fingerprint density at radius 1 is 1.40 bits per heavy atom. The SMILES string of the molecule is CC1(C)OC2(CO)CC1(NC(=O)c1cccc(Cn3ccnn3)c1)C2. The van der Waals surface area contributed by atoms with E-state index in [0.29, 0.717) is 24.9 Å². The van der Waals surface area contributed by atoms with Gasteiger partial charge in [0.05, 0.1) is 36.1 Å². The molecule has 7 heteroatoms. The van der Waals surface area contributed by atoms with E-state index < -0.39 is 16.7 Å². The highest BCUT2D eigenvalue weighted by molar-refractivity contribution is 5.95. The number of amides is 1. The predicted molar refractivity (Wildman–Crippen MR) is 90.0 cm³/mol. The summed E-state index contributed by atoms with van der Waals surface area (Å²) in [5, 5.41) is 20.5. The lowest BCUT2D eigenvalue weighted by molar-refractivity contribution is -0.0851. The van der Waals surface area contributed by atoms with Crippen molar-refractivity contribution in [1.82, 2.24) is 20.3 Å². The van der Waals surface area contributed by atoms with Gasteiger partial charge in [0.15, 0.2) is 0 Å². The molecule has 2 N–H and O–H groups in total. The molecule has 1 aliphatic carbocycles. The Bertz CT molecular complexity index is 794. The molecule has 2 saturated heterocycles. The van der Waals surface area contributed by atoms with Gasteiger partial charge in [-0.2, -0.15) is 0 Å². The molecular weight excluding hydrogens is 320 g/mol. The smallest absolute Gasteiger partial charge is 0.251 e. The van der Waals surface area contributed by atoms with Crippen molar-refractivity contribution in [2.75, 3.05) is 6.61 Å². The number of benzene rings is 1. The number of hydrogen-bond donors (Lipinski definition) is 2. The van der Waals surface area contributed by atoms with Gasteiger partial charge in [0.2, 0.25) is 0 Å². The van der Waals surface area contributed by atoms with Crippen LogP contribution >= 0.6 is 0 Å². The number of carbonyl (C=O) groups excluding carboxylic acids is 1. The minimum atomic E-state index is -0.496. The molecule has 2 aliphatic heterocycles. The van der Waals surface area contributed by atoms with Gasteiger partial charge < -0.3 is 15.2 Å². The average Bonchev–Trinajstić information content (AvgIpc) is 3.17. The molecule has 1 aromatic heterocycles. The zero-order valence-electron chi connectivity index (χ0n) is 14.4. The fourth-order valence-corrected chi connectivity index (χ4v) is 4.17. The average molecular weight is 342 g/mol. The summed E-state index contributed by atoms with van der Waals surface area (Å²) in [5.41, 5.74) is 0.177. The van der Waals surface area contributed by atoms with Gasteiger partial charge in [-0.05, 0) is 31.5 Å². The molecule has 0 atom stereocenters. The zero-order chi connectivity index (χ0) is 17.7.